The van der Waals surface area contributed by atoms with Gasteiger partial charge in [-0.1, -0.05) is 0 Å². The summed E-state index contributed by atoms with van der Waals surface area (Å²) in [6, 6.07) is 1.40. The highest BCUT2D eigenvalue weighted by atomic mass is 79.9. The van der Waals surface area contributed by atoms with Crippen LogP contribution in [0.2, 0.25) is 0 Å². The number of halogens is 3. The fourth-order valence-electron chi connectivity index (χ4n) is 1.52. The van der Waals surface area contributed by atoms with E-state index >= 15 is 0 Å². The van der Waals surface area contributed by atoms with Crippen molar-refractivity contribution < 1.29 is 8.78 Å². The van der Waals surface area contributed by atoms with Crippen molar-refractivity contribution in [3.05, 3.63) is 57.6 Å². The normalized spacial score (nSPS) is 12.5. The van der Waals surface area contributed by atoms with Crippen LogP contribution in [-0.4, -0.2) is 9.97 Å². The second-order valence-corrected chi connectivity index (χ2v) is 4.71. The molecule has 1 heterocycles. The van der Waals surface area contributed by atoms with Crippen LogP contribution >= 0.6 is 15.9 Å². The molecule has 18 heavy (non-hydrogen) atoms. The van der Waals surface area contributed by atoms with Crippen LogP contribution in [0.4, 0.5) is 8.78 Å². The van der Waals surface area contributed by atoms with Gasteiger partial charge in [-0.2, -0.15) is 0 Å². The van der Waals surface area contributed by atoms with Crippen molar-refractivity contribution in [2.75, 3.05) is 0 Å². The second kappa shape index (κ2) is 5.07. The lowest BCUT2D eigenvalue weighted by molar-refractivity contribution is 0.533. The summed E-state index contributed by atoms with van der Waals surface area (Å²) in [6.07, 6.45) is 3.10. The summed E-state index contributed by atoms with van der Waals surface area (Å²) >= 11 is 2.99. The summed E-state index contributed by atoms with van der Waals surface area (Å²) in [7, 11) is 0. The van der Waals surface area contributed by atoms with Gasteiger partial charge in [0, 0.05) is 18.0 Å². The molecule has 2 rings (SSSR count). The number of nitrogens with two attached hydrogens (primary N) is 1. The SMILES string of the molecule is Cc1cnc(C(N)c2c(F)ccc(Br)c2F)nc1. The van der Waals surface area contributed by atoms with E-state index < -0.39 is 17.7 Å². The fraction of sp³-hybridized carbons (Fsp3) is 0.167. The Morgan fingerprint density at radius 1 is 1.22 bits per heavy atom. The summed E-state index contributed by atoms with van der Waals surface area (Å²) in [5.74, 6) is -1.27. The molecule has 0 aliphatic rings. The van der Waals surface area contributed by atoms with E-state index in [0.717, 1.165) is 11.6 Å². The van der Waals surface area contributed by atoms with E-state index in [4.69, 9.17) is 5.73 Å². The average Bonchev–Trinajstić information content (AvgIpc) is 2.35. The number of aromatic nitrogens is 2. The number of hydrogen-bond donors (Lipinski definition) is 1. The highest BCUT2D eigenvalue weighted by Gasteiger charge is 2.22. The number of benzene rings is 1. The van der Waals surface area contributed by atoms with Gasteiger partial charge in [0.1, 0.15) is 17.5 Å². The molecule has 0 bridgehead atoms. The Hall–Kier alpha value is -1.40. The molecule has 0 saturated carbocycles. The number of hydrogen-bond acceptors (Lipinski definition) is 3. The Kier molecular flexibility index (Phi) is 3.68. The summed E-state index contributed by atoms with van der Waals surface area (Å²) in [5, 5.41) is 0. The molecule has 2 N–H and O–H groups in total. The average molecular weight is 314 g/mol. The van der Waals surface area contributed by atoms with Crippen LogP contribution < -0.4 is 5.73 Å². The Labute approximate surface area is 111 Å². The lowest BCUT2D eigenvalue weighted by atomic mass is 10.1. The van der Waals surface area contributed by atoms with E-state index in [9.17, 15) is 8.78 Å². The van der Waals surface area contributed by atoms with Crippen LogP contribution in [0, 0.1) is 18.6 Å². The molecule has 0 aliphatic heterocycles. The topological polar surface area (TPSA) is 51.8 Å². The van der Waals surface area contributed by atoms with Crippen molar-refractivity contribution >= 4 is 15.9 Å². The molecule has 6 heteroatoms. The zero-order chi connectivity index (χ0) is 13.3. The monoisotopic (exact) mass is 313 g/mol. The zero-order valence-corrected chi connectivity index (χ0v) is 11.1. The third-order valence-corrected chi connectivity index (χ3v) is 3.08. The van der Waals surface area contributed by atoms with Gasteiger partial charge in [0.2, 0.25) is 0 Å². The van der Waals surface area contributed by atoms with Crippen molar-refractivity contribution in [3.63, 3.8) is 0 Å². The van der Waals surface area contributed by atoms with Gasteiger partial charge in [-0.05, 0) is 40.5 Å². The largest absolute Gasteiger partial charge is 0.317 e. The van der Waals surface area contributed by atoms with E-state index in [2.05, 4.69) is 25.9 Å². The van der Waals surface area contributed by atoms with Gasteiger partial charge in [0.05, 0.1) is 10.5 Å². The smallest absolute Gasteiger partial charge is 0.149 e. The molecule has 0 aliphatic carbocycles. The quantitative estimate of drug-likeness (QED) is 0.867. The highest BCUT2D eigenvalue weighted by molar-refractivity contribution is 9.10. The maximum absolute atomic E-state index is 13.9. The summed E-state index contributed by atoms with van der Waals surface area (Å²) in [4.78, 5) is 7.96. The van der Waals surface area contributed by atoms with Crippen molar-refractivity contribution in [3.8, 4) is 0 Å². The molecular formula is C12H10BrF2N3. The third-order valence-electron chi connectivity index (χ3n) is 2.47. The maximum atomic E-state index is 13.9. The van der Waals surface area contributed by atoms with Gasteiger partial charge in [-0.25, -0.2) is 18.7 Å². The maximum Gasteiger partial charge on any atom is 0.149 e. The van der Waals surface area contributed by atoms with E-state index in [-0.39, 0.29) is 15.9 Å². The van der Waals surface area contributed by atoms with E-state index in [0.29, 0.717) is 0 Å². The lowest BCUT2D eigenvalue weighted by Crippen LogP contribution is -2.18. The Bertz CT molecular complexity index is 572. The minimum absolute atomic E-state index is 0.154. The minimum Gasteiger partial charge on any atom is -0.317 e. The molecule has 0 radical (unpaired) electrons. The number of aryl methyl sites for hydroxylation is 1. The fourth-order valence-corrected chi connectivity index (χ4v) is 1.87. The van der Waals surface area contributed by atoms with Crippen LogP contribution in [0.3, 0.4) is 0 Å². The summed E-state index contributed by atoms with van der Waals surface area (Å²) in [6.45, 7) is 1.82. The van der Waals surface area contributed by atoms with Crippen LogP contribution in [0.25, 0.3) is 0 Å². The second-order valence-electron chi connectivity index (χ2n) is 3.85. The van der Waals surface area contributed by atoms with Gasteiger partial charge < -0.3 is 5.73 Å². The summed E-state index contributed by atoms with van der Waals surface area (Å²) < 4.78 is 27.7. The molecule has 1 unspecified atom stereocenters. The van der Waals surface area contributed by atoms with Gasteiger partial charge in [-0.15, -0.1) is 0 Å². The minimum atomic E-state index is -1.04. The predicted molar refractivity (Wildman–Crippen MR) is 66.9 cm³/mol. The first kappa shape index (κ1) is 13.0. The molecule has 1 aromatic carbocycles. The Morgan fingerprint density at radius 2 is 1.83 bits per heavy atom. The molecule has 2 aromatic rings. The van der Waals surface area contributed by atoms with Crippen molar-refractivity contribution in [1.29, 1.82) is 0 Å². The van der Waals surface area contributed by atoms with Crippen molar-refractivity contribution in [1.82, 2.24) is 9.97 Å². The van der Waals surface area contributed by atoms with Crippen LogP contribution in [0.5, 0.6) is 0 Å². The first-order valence-corrected chi connectivity index (χ1v) is 5.97. The molecule has 0 spiro atoms. The van der Waals surface area contributed by atoms with Crippen LogP contribution in [0.15, 0.2) is 29.0 Å². The number of rotatable bonds is 2. The third kappa shape index (κ3) is 2.39. The molecule has 0 amide bonds. The van der Waals surface area contributed by atoms with E-state index in [1.54, 1.807) is 12.4 Å². The Balaban J connectivity index is 2.49. The molecule has 94 valence electrons. The predicted octanol–water partition coefficient (Wildman–Crippen LogP) is 2.87. The molecular weight excluding hydrogens is 304 g/mol. The lowest BCUT2D eigenvalue weighted by Gasteiger charge is -2.13. The number of nitrogens with zero attached hydrogens (tertiary/aromatic N) is 2. The molecule has 0 saturated heterocycles. The van der Waals surface area contributed by atoms with Gasteiger partial charge in [-0.3, -0.25) is 0 Å². The zero-order valence-electron chi connectivity index (χ0n) is 9.49. The van der Waals surface area contributed by atoms with Crippen molar-refractivity contribution in [2.45, 2.75) is 13.0 Å². The molecule has 1 atom stereocenters. The molecule has 3 nitrogen and oxygen atoms in total. The van der Waals surface area contributed by atoms with E-state index in [1.165, 1.54) is 6.07 Å². The van der Waals surface area contributed by atoms with Crippen LogP contribution in [0.1, 0.15) is 23.0 Å². The first-order valence-electron chi connectivity index (χ1n) is 5.18. The van der Waals surface area contributed by atoms with Gasteiger partial charge in [0.25, 0.3) is 0 Å². The van der Waals surface area contributed by atoms with Gasteiger partial charge in [0.15, 0.2) is 0 Å². The van der Waals surface area contributed by atoms with Crippen molar-refractivity contribution in [2.24, 2.45) is 5.73 Å². The molecule has 0 fully saturated rings. The standard InChI is InChI=1S/C12H10BrF2N3/c1-6-4-17-12(18-5-6)11(16)9-8(14)3-2-7(13)10(9)15/h2-5,11H,16H2,1H3. The molecule has 1 aromatic heterocycles. The van der Waals surface area contributed by atoms with Gasteiger partial charge >= 0.3 is 0 Å². The van der Waals surface area contributed by atoms with E-state index in [1.807, 2.05) is 6.92 Å². The first-order chi connectivity index (χ1) is 8.50. The highest BCUT2D eigenvalue weighted by Crippen LogP contribution is 2.27. The summed E-state index contributed by atoms with van der Waals surface area (Å²) in [5.41, 5.74) is 6.42. The van der Waals surface area contributed by atoms with Crippen LogP contribution in [-0.2, 0) is 0 Å². The Morgan fingerprint density at radius 3 is 2.44 bits per heavy atom.